The van der Waals surface area contributed by atoms with Gasteiger partial charge in [-0.1, -0.05) is 6.07 Å². The highest BCUT2D eigenvalue weighted by Gasteiger charge is 2.07. The molecule has 1 heterocycles. The number of nitrogens with zero attached hydrogens (tertiary/aromatic N) is 1. The van der Waals surface area contributed by atoms with Gasteiger partial charge in [0.25, 0.3) is 0 Å². The van der Waals surface area contributed by atoms with Crippen molar-refractivity contribution in [2.45, 2.75) is 20.0 Å². The van der Waals surface area contributed by atoms with Crippen molar-refractivity contribution in [1.29, 1.82) is 0 Å². The van der Waals surface area contributed by atoms with Crippen molar-refractivity contribution in [3.05, 3.63) is 64.7 Å². The molecule has 20 heavy (non-hydrogen) atoms. The van der Waals surface area contributed by atoms with E-state index >= 15 is 0 Å². The summed E-state index contributed by atoms with van der Waals surface area (Å²) in [4.78, 5) is 15.0. The number of nitrogens with two attached hydrogens (primary N) is 1. The van der Waals surface area contributed by atoms with Crippen molar-refractivity contribution in [3.8, 4) is 0 Å². The zero-order valence-electron chi connectivity index (χ0n) is 11.2. The average Bonchev–Trinajstić information content (AvgIpc) is 2.42. The summed E-state index contributed by atoms with van der Waals surface area (Å²) in [7, 11) is 0. The van der Waals surface area contributed by atoms with E-state index in [0.29, 0.717) is 18.7 Å². The van der Waals surface area contributed by atoms with Gasteiger partial charge in [-0.2, -0.15) is 0 Å². The number of primary amides is 1. The molecule has 0 aliphatic rings. The summed E-state index contributed by atoms with van der Waals surface area (Å²) in [6.07, 6.45) is 3.52. The minimum Gasteiger partial charge on any atom is -0.366 e. The number of carbonyl (C=O) groups is 1. The van der Waals surface area contributed by atoms with E-state index in [-0.39, 0.29) is 5.56 Å². The Kier molecular flexibility index (Phi) is 4.42. The number of amides is 1. The second kappa shape index (κ2) is 6.25. The summed E-state index contributed by atoms with van der Waals surface area (Å²) >= 11 is 0. The molecule has 5 heteroatoms. The van der Waals surface area contributed by atoms with Crippen molar-refractivity contribution in [3.63, 3.8) is 0 Å². The minimum atomic E-state index is -0.630. The number of aromatic nitrogens is 1. The maximum Gasteiger partial charge on any atom is 0.248 e. The van der Waals surface area contributed by atoms with E-state index in [0.717, 1.165) is 17.2 Å². The molecule has 0 spiro atoms. The summed E-state index contributed by atoms with van der Waals surface area (Å²) in [6, 6.07) is 6.18. The molecule has 0 saturated carbocycles. The summed E-state index contributed by atoms with van der Waals surface area (Å²) in [6.45, 7) is 2.98. The van der Waals surface area contributed by atoms with Gasteiger partial charge in [0.2, 0.25) is 5.91 Å². The number of hydrogen-bond donors (Lipinski definition) is 2. The number of pyridine rings is 1. The molecule has 0 bridgehead atoms. The Morgan fingerprint density at radius 1 is 1.30 bits per heavy atom. The molecule has 1 amide bonds. The normalized spacial score (nSPS) is 10.5. The van der Waals surface area contributed by atoms with Gasteiger partial charge < -0.3 is 11.1 Å². The fourth-order valence-electron chi connectivity index (χ4n) is 1.86. The number of carbonyl (C=O) groups excluding carboxylic acids is 1. The van der Waals surface area contributed by atoms with Crippen LogP contribution in [0.5, 0.6) is 0 Å². The number of benzene rings is 1. The number of hydrogen-bond acceptors (Lipinski definition) is 3. The van der Waals surface area contributed by atoms with Crippen molar-refractivity contribution < 1.29 is 9.18 Å². The highest BCUT2D eigenvalue weighted by atomic mass is 19.1. The highest BCUT2D eigenvalue weighted by Crippen LogP contribution is 2.11. The van der Waals surface area contributed by atoms with Crippen LogP contribution >= 0.6 is 0 Å². The molecule has 0 aliphatic carbocycles. The van der Waals surface area contributed by atoms with Gasteiger partial charge in [0, 0.05) is 36.6 Å². The summed E-state index contributed by atoms with van der Waals surface area (Å²) in [5, 5.41) is 3.15. The molecule has 0 radical (unpaired) electrons. The van der Waals surface area contributed by atoms with Crippen LogP contribution in [-0.4, -0.2) is 10.9 Å². The number of rotatable bonds is 5. The Labute approximate surface area is 116 Å². The number of nitrogens with one attached hydrogen (secondary N) is 1. The molecule has 104 valence electrons. The molecule has 0 unspecified atom stereocenters. The van der Waals surface area contributed by atoms with E-state index in [1.54, 1.807) is 18.5 Å². The van der Waals surface area contributed by atoms with Gasteiger partial charge in [0.15, 0.2) is 0 Å². The molecule has 0 aliphatic heterocycles. The molecule has 1 aromatic heterocycles. The first-order valence-corrected chi connectivity index (χ1v) is 6.26. The predicted molar refractivity (Wildman–Crippen MR) is 74.4 cm³/mol. The van der Waals surface area contributed by atoms with E-state index in [4.69, 9.17) is 5.73 Å². The molecule has 4 nitrogen and oxygen atoms in total. The van der Waals surface area contributed by atoms with Crippen LogP contribution in [0.1, 0.15) is 27.0 Å². The molecule has 0 saturated heterocycles. The first kappa shape index (κ1) is 14.1. The van der Waals surface area contributed by atoms with Crippen LogP contribution in [0, 0.1) is 12.7 Å². The fourth-order valence-corrected chi connectivity index (χ4v) is 1.86. The molecule has 2 rings (SSSR count). The summed E-state index contributed by atoms with van der Waals surface area (Å²) in [5.74, 6) is -1.06. The van der Waals surface area contributed by atoms with Crippen LogP contribution < -0.4 is 11.1 Å². The van der Waals surface area contributed by atoms with Crippen LogP contribution in [0.2, 0.25) is 0 Å². The van der Waals surface area contributed by atoms with Crippen molar-refractivity contribution >= 4 is 5.91 Å². The van der Waals surface area contributed by atoms with Crippen LogP contribution in [0.25, 0.3) is 0 Å². The Balaban J connectivity index is 1.98. The fraction of sp³-hybridized carbons (Fsp3) is 0.200. The average molecular weight is 273 g/mol. The van der Waals surface area contributed by atoms with Gasteiger partial charge in [-0.25, -0.2) is 4.39 Å². The standard InChI is InChI=1S/C15H16FN3O/c1-10-4-5-18-8-13(10)9-19-7-12-3-2-11(15(17)20)6-14(12)16/h2-6,8,19H,7,9H2,1H3,(H2,17,20). The Morgan fingerprint density at radius 2 is 2.05 bits per heavy atom. The third-order valence-corrected chi connectivity index (χ3v) is 3.12. The lowest BCUT2D eigenvalue weighted by molar-refractivity contribution is 0.1000. The lowest BCUT2D eigenvalue weighted by atomic mass is 10.1. The predicted octanol–water partition coefficient (Wildman–Crippen LogP) is 1.92. The lowest BCUT2D eigenvalue weighted by Crippen LogP contribution is -2.16. The van der Waals surface area contributed by atoms with E-state index in [1.807, 2.05) is 13.0 Å². The van der Waals surface area contributed by atoms with Gasteiger partial charge in [-0.15, -0.1) is 0 Å². The van der Waals surface area contributed by atoms with Crippen LogP contribution in [0.4, 0.5) is 4.39 Å². The Bertz CT molecular complexity index is 628. The molecule has 1 aromatic carbocycles. The SMILES string of the molecule is Cc1ccncc1CNCc1ccc(C(N)=O)cc1F. The van der Waals surface area contributed by atoms with Crippen molar-refractivity contribution in [2.75, 3.05) is 0 Å². The van der Waals surface area contributed by atoms with Crippen molar-refractivity contribution in [1.82, 2.24) is 10.3 Å². The smallest absolute Gasteiger partial charge is 0.248 e. The first-order valence-electron chi connectivity index (χ1n) is 6.26. The van der Waals surface area contributed by atoms with Crippen LogP contribution in [-0.2, 0) is 13.1 Å². The van der Waals surface area contributed by atoms with Crippen molar-refractivity contribution in [2.24, 2.45) is 5.73 Å². The topological polar surface area (TPSA) is 68.0 Å². The van der Waals surface area contributed by atoms with E-state index in [2.05, 4.69) is 10.3 Å². The molecule has 3 N–H and O–H groups in total. The quantitative estimate of drug-likeness (QED) is 0.874. The third-order valence-electron chi connectivity index (χ3n) is 3.12. The highest BCUT2D eigenvalue weighted by molar-refractivity contribution is 5.92. The molecular formula is C15H16FN3O. The van der Waals surface area contributed by atoms with Gasteiger partial charge in [-0.3, -0.25) is 9.78 Å². The monoisotopic (exact) mass is 273 g/mol. The van der Waals surface area contributed by atoms with Crippen LogP contribution in [0.3, 0.4) is 0 Å². The number of aryl methyl sites for hydroxylation is 1. The number of halogens is 1. The van der Waals surface area contributed by atoms with E-state index in [9.17, 15) is 9.18 Å². The van der Waals surface area contributed by atoms with E-state index in [1.165, 1.54) is 6.07 Å². The zero-order valence-corrected chi connectivity index (χ0v) is 11.2. The third kappa shape index (κ3) is 3.39. The Hall–Kier alpha value is -2.27. The zero-order chi connectivity index (χ0) is 14.5. The summed E-state index contributed by atoms with van der Waals surface area (Å²) < 4.78 is 13.8. The van der Waals surface area contributed by atoms with Gasteiger partial charge in [0.1, 0.15) is 5.82 Å². The molecule has 0 fully saturated rings. The van der Waals surface area contributed by atoms with Gasteiger partial charge in [0.05, 0.1) is 0 Å². The first-order chi connectivity index (χ1) is 9.58. The minimum absolute atomic E-state index is 0.175. The van der Waals surface area contributed by atoms with Gasteiger partial charge >= 0.3 is 0 Å². The summed E-state index contributed by atoms with van der Waals surface area (Å²) in [5.41, 5.74) is 7.98. The van der Waals surface area contributed by atoms with Crippen LogP contribution in [0.15, 0.2) is 36.7 Å². The molecule has 0 atom stereocenters. The second-order valence-corrected chi connectivity index (χ2v) is 4.58. The second-order valence-electron chi connectivity index (χ2n) is 4.58. The maximum atomic E-state index is 13.8. The maximum absolute atomic E-state index is 13.8. The molecule has 2 aromatic rings. The Morgan fingerprint density at radius 3 is 2.70 bits per heavy atom. The largest absolute Gasteiger partial charge is 0.366 e. The van der Waals surface area contributed by atoms with Gasteiger partial charge in [-0.05, 0) is 36.2 Å². The van der Waals surface area contributed by atoms with E-state index < -0.39 is 11.7 Å². The molecular weight excluding hydrogens is 257 g/mol. The lowest BCUT2D eigenvalue weighted by Gasteiger charge is -2.08.